The van der Waals surface area contributed by atoms with Gasteiger partial charge < -0.3 is 9.94 Å². The van der Waals surface area contributed by atoms with Crippen molar-refractivity contribution in [2.24, 2.45) is 5.16 Å². The van der Waals surface area contributed by atoms with Gasteiger partial charge in [0.1, 0.15) is 5.75 Å². The Morgan fingerprint density at radius 3 is 2.52 bits per heavy atom. The number of carbonyl (C=O) groups excluding carboxylic acids is 1. The van der Waals surface area contributed by atoms with E-state index in [9.17, 15) is 9.90 Å². The molecule has 23 heavy (non-hydrogen) atoms. The van der Waals surface area contributed by atoms with E-state index in [0.29, 0.717) is 16.8 Å². The molecule has 0 spiro atoms. The van der Waals surface area contributed by atoms with Crippen molar-refractivity contribution in [1.82, 2.24) is 5.48 Å². The zero-order chi connectivity index (χ0) is 16.8. The minimum absolute atomic E-state index is 0.0994. The van der Waals surface area contributed by atoms with Crippen molar-refractivity contribution in [3.05, 3.63) is 65.2 Å². The number of nitrogens with one attached hydrogen (secondary N) is 2. The van der Waals surface area contributed by atoms with Crippen molar-refractivity contribution in [3.63, 3.8) is 0 Å². The van der Waals surface area contributed by atoms with Gasteiger partial charge in [-0.2, -0.15) is 0 Å². The Balaban J connectivity index is 2.18. The van der Waals surface area contributed by atoms with Gasteiger partial charge in [-0.3, -0.25) is 15.4 Å². The second-order valence-corrected chi connectivity index (χ2v) is 4.64. The lowest BCUT2D eigenvalue weighted by Crippen LogP contribution is -2.19. The normalized spacial score (nSPS) is 11.0. The first kappa shape index (κ1) is 16.2. The lowest BCUT2D eigenvalue weighted by Gasteiger charge is -2.06. The molecule has 2 aromatic carbocycles. The van der Waals surface area contributed by atoms with Gasteiger partial charge in [-0.15, -0.1) is 0 Å². The third-order valence-electron chi connectivity index (χ3n) is 3.07. The summed E-state index contributed by atoms with van der Waals surface area (Å²) in [6.45, 7) is 1.63. The summed E-state index contributed by atoms with van der Waals surface area (Å²) in [5.74, 6) is -1.22. The predicted molar refractivity (Wildman–Crippen MR) is 83.9 cm³/mol. The Kier molecular flexibility index (Phi) is 5.06. The highest BCUT2D eigenvalue weighted by molar-refractivity contribution is 6.03. The summed E-state index contributed by atoms with van der Waals surface area (Å²) in [4.78, 5) is 16.5. The Morgan fingerprint density at radius 2 is 1.87 bits per heavy atom. The van der Waals surface area contributed by atoms with Crippen molar-refractivity contribution < 1.29 is 19.9 Å². The molecule has 2 rings (SSSR count). The molecule has 0 fully saturated rings. The molecule has 0 bridgehead atoms. The van der Waals surface area contributed by atoms with E-state index >= 15 is 0 Å². The van der Waals surface area contributed by atoms with Crippen LogP contribution in [0, 0.1) is 5.41 Å². The first-order valence-corrected chi connectivity index (χ1v) is 6.66. The van der Waals surface area contributed by atoms with Crippen molar-refractivity contribution in [1.29, 1.82) is 5.41 Å². The van der Waals surface area contributed by atoms with Gasteiger partial charge in [-0.05, 0) is 37.3 Å². The van der Waals surface area contributed by atoms with Gasteiger partial charge >= 0.3 is 0 Å². The number of nitrogens with zero attached hydrogens (tertiary/aromatic N) is 1. The van der Waals surface area contributed by atoms with Gasteiger partial charge in [0, 0.05) is 11.1 Å². The SMILES string of the molecule is C/C(=N\OC(=N)c1ccccc1)c1ccc(O)c(C(=O)NO)c1. The maximum absolute atomic E-state index is 11.4. The molecule has 0 saturated heterocycles. The van der Waals surface area contributed by atoms with Gasteiger partial charge in [0.2, 0.25) is 5.90 Å². The van der Waals surface area contributed by atoms with Gasteiger partial charge in [0.15, 0.2) is 0 Å². The van der Waals surface area contributed by atoms with Crippen LogP contribution in [0.1, 0.15) is 28.4 Å². The fourth-order valence-corrected chi connectivity index (χ4v) is 1.81. The molecule has 0 aliphatic rings. The van der Waals surface area contributed by atoms with Crippen LogP contribution in [-0.2, 0) is 4.84 Å². The molecule has 7 heteroatoms. The van der Waals surface area contributed by atoms with Crippen LogP contribution in [0.15, 0.2) is 53.7 Å². The third-order valence-corrected chi connectivity index (χ3v) is 3.07. The highest BCUT2D eigenvalue weighted by Gasteiger charge is 2.12. The standard InChI is InChI=1S/C16H15N3O4/c1-10(19-23-15(17)11-5-3-2-4-6-11)12-7-8-14(20)13(9-12)16(21)18-22/h2-9,17,20,22H,1H3,(H,18,21)/b17-15?,19-10+. The number of amides is 1. The average molecular weight is 313 g/mol. The highest BCUT2D eigenvalue weighted by atomic mass is 16.6. The Bertz CT molecular complexity index is 757. The van der Waals surface area contributed by atoms with E-state index in [-0.39, 0.29) is 17.2 Å². The topological polar surface area (TPSA) is 115 Å². The number of oxime groups is 1. The first-order valence-electron chi connectivity index (χ1n) is 6.66. The Morgan fingerprint density at radius 1 is 1.17 bits per heavy atom. The molecule has 0 saturated carbocycles. The zero-order valence-corrected chi connectivity index (χ0v) is 12.3. The van der Waals surface area contributed by atoms with Gasteiger partial charge in [-0.1, -0.05) is 23.4 Å². The molecule has 118 valence electrons. The summed E-state index contributed by atoms with van der Waals surface area (Å²) in [5.41, 5.74) is 2.84. The molecule has 1 amide bonds. The van der Waals surface area contributed by atoms with Crippen LogP contribution in [0.5, 0.6) is 5.75 Å². The molecular weight excluding hydrogens is 298 g/mol. The number of benzene rings is 2. The number of phenolic OH excluding ortho intramolecular Hbond substituents is 1. The lowest BCUT2D eigenvalue weighted by molar-refractivity contribution is 0.0703. The average Bonchev–Trinajstić information content (AvgIpc) is 2.59. The van der Waals surface area contributed by atoms with Crippen LogP contribution >= 0.6 is 0 Å². The highest BCUT2D eigenvalue weighted by Crippen LogP contribution is 2.19. The Hall–Kier alpha value is -3.19. The van der Waals surface area contributed by atoms with E-state index in [1.54, 1.807) is 31.2 Å². The Labute approximate surface area is 132 Å². The van der Waals surface area contributed by atoms with Gasteiger partial charge in [-0.25, -0.2) is 5.48 Å². The lowest BCUT2D eigenvalue weighted by atomic mass is 10.1. The summed E-state index contributed by atoms with van der Waals surface area (Å²) in [5, 5.41) is 29.9. The quantitative estimate of drug-likeness (QED) is 0.300. The second-order valence-electron chi connectivity index (χ2n) is 4.64. The summed E-state index contributed by atoms with van der Waals surface area (Å²) >= 11 is 0. The fourth-order valence-electron chi connectivity index (χ4n) is 1.81. The number of hydroxylamine groups is 1. The molecule has 7 nitrogen and oxygen atoms in total. The molecule has 0 heterocycles. The molecule has 0 aliphatic heterocycles. The number of aromatic hydroxyl groups is 1. The number of phenols is 1. The van der Waals surface area contributed by atoms with Crippen LogP contribution in [0.25, 0.3) is 0 Å². The van der Waals surface area contributed by atoms with Crippen LogP contribution < -0.4 is 5.48 Å². The predicted octanol–water partition coefficient (Wildman–Crippen LogP) is 2.28. The monoisotopic (exact) mass is 313 g/mol. The number of rotatable bonds is 4. The van der Waals surface area contributed by atoms with Crippen molar-refractivity contribution in [3.8, 4) is 5.75 Å². The first-order chi connectivity index (χ1) is 11.0. The van der Waals surface area contributed by atoms with E-state index < -0.39 is 5.91 Å². The summed E-state index contributed by atoms with van der Waals surface area (Å²) in [7, 11) is 0. The number of hydrogen-bond donors (Lipinski definition) is 4. The maximum Gasteiger partial charge on any atom is 0.278 e. The van der Waals surface area contributed by atoms with Gasteiger partial charge in [0.25, 0.3) is 5.91 Å². The van der Waals surface area contributed by atoms with Gasteiger partial charge in [0.05, 0.1) is 11.3 Å². The third kappa shape index (κ3) is 3.92. The van der Waals surface area contributed by atoms with E-state index in [1.165, 1.54) is 23.7 Å². The second kappa shape index (κ2) is 7.19. The molecule has 2 aromatic rings. The van der Waals surface area contributed by atoms with Crippen LogP contribution in [-0.4, -0.2) is 27.8 Å². The zero-order valence-electron chi connectivity index (χ0n) is 12.3. The molecule has 0 radical (unpaired) electrons. The summed E-state index contributed by atoms with van der Waals surface area (Å²) < 4.78 is 0. The molecule has 0 aliphatic carbocycles. The number of carbonyl (C=O) groups is 1. The molecule has 0 aromatic heterocycles. The van der Waals surface area contributed by atoms with Crippen LogP contribution in [0.3, 0.4) is 0 Å². The molecule has 0 atom stereocenters. The molecule has 0 unspecified atom stereocenters. The minimum atomic E-state index is -0.838. The number of hydrogen-bond acceptors (Lipinski definition) is 6. The van der Waals surface area contributed by atoms with E-state index in [0.717, 1.165) is 0 Å². The minimum Gasteiger partial charge on any atom is -0.507 e. The smallest absolute Gasteiger partial charge is 0.278 e. The fraction of sp³-hybridized carbons (Fsp3) is 0.0625. The van der Waals surface area contributed by atoms with Crippen LogP contribution in [0.4, 0.5) is 0 Å². The molecule has 4 N–H and O–H groups in total. The van der Waals surface area contributed by atoms with Crippen molar-refractivity contribution in [2.45, 2.75) is 6.92 Å². The van der Waals surface area contributed by atoms with E-state index in [4.69, 9.17) is 15.5 Å². The molecular formula is C16H15N3O4. The maximum atomic E-state index is 11.4. The van der Waals surface area contributed by atoms with Crippen molar-refractivity contribution in [2.75, 3.05) is 0 Å². The van der Waals surface area contributed by atoms with E-state index in [2.05, 4.69) is 5.16 Å². The summed E-state index contributed by atoms with van der Waals surface area (Å²) in [6, 6.07) is 13.0. The summed E-state index contributed by atoms with van der Waals surface area (Å²) in [6.07, 6.45) is 0. The van der Waals surface area contributed by atoms with E-state index in [1.807, 2.05) is 6.07 Å². The largest absolute Gasteiger partial charge is 0.507 e. The van der Waals surface area contributed by atoms with Crippen LogP contribution in [0.2, 0.25) is 0 Å². The van der Waals surface area contributed by atoms with Crippen molar-refractivity contribution >= 4 is 17.5 Å².